The van der Waals surface area contributed by atoms with E-state index in [1.165, 1.54) is 48.5 Å². The lowest BCUT2D eigenvalue weighted by atomic mass is 10.5. The fourth-order valence-corrected chi connectivity index (χ4v) is 15.1. The summed E-state index contributed by atoms with van der Waals surface area (Å²) >= 11 is 0. The van der Waals surface area contributed by atoms with Gasteiger partial charge in [0.2, 0.25) is 0 Å². The Morgan fingerprint density at radius 1 is 0.667 bits per heavy atom. The second-order valence-electron chi connectivity index (χ2n) is 6.06. The monoisotopic (exact) mass is 446 g/mol. The molecule has 0 heterocycles. The average molecular weight is 447 g/mol. The molecule has 0 saturated carbocycles. The molecule has 0 aliphatic heterocycles. The van der Waals surface area contributed by atoms with E-state index in [0.29, 0.717) is 11.5 Å². The first-order valence-electron chi connectivity index (χ1n) is 9.31. The molecule has 2 atom stereocenters. The van der Waals surface area contributed by atoms with Crippen LogP contribution in [-0.4, -0.2) is 54.8 Å². The highest BCUT2D eigenvalue weighted by atomic mass is 33.7. The standard InChI is InChI=1S/C16H38O2S4Si2/c1-7-23(8-2)15(17-5)11-13-19-21-22-20-14-12-16(18-6)24(9-3)10-4/h15-16,23-24H,7-14H2,1-6H3. The Kier molecular flexibility index (Phi) is 19.5. The molecule has 0 aromatic carbocycles. The molecule has 0 aliphatic rings. The molecule has 0 rings (SSSR count). The Morgan fingerprint density at radius 2 is 1.00 bits per heavy atom. The molecular formula is C16H38O2S4Si2. The van der Waals surface area contributed by atoms with Gasteiger partial charge in [-0.15, -0.1) is 0 Å². The number of ether oxygens (including phenoxy) is 2. The predicted octanol–water partition coefficient (Wildman–Crippen LogP) is 6.09. The highest BCUT2D eigenvalue weighted by Crippen LogP contribution is 2.43. The maximum absolute atomic E-state index is 5.74. The zero-order valence-corrected chi connectivity index (χ0v) is 22.0. The van der Waals surface area contributed by atoms with E-state index in [1.54, 1.807) is 0 Å². The Bertz CT molecular complexity index is 244. The van der Waals surface area contributed by atoms with E-state index in [1.807, 2.05) is 55.5 Å². The Labute approximate surface area is 169 Å². The lowest BCUT2D eigenvalue weighted by molar-refractivity contribution is 0.158. The van der Waals surface area contributed by atoms with Crippen LogP contribution in [0.3, 0.4) is 0 Å². The zero-order valence-electron chi connectivity index (χ0n) is 16.4. The summed E-state index contributed by atoms with van der Waals surface area (Å²) in [5.74, 6) is 2.42. The molecule has 0 spiro atoms. The maximum atomic E-state index is 5.74. The van der Waals surface area contributed by atoms with Crippen molar-refractivity contribution in [3.8, 4) is 0 Å². The van der Waals surface area contributed by atoms with Gasteiger partial charge in [0.1, 0.15) is 0 Å². The average Bonchev–Trinajstić information content (AvgIpc) is 2.62. The molecule has 8 heteroatoms. The van der Waals surface area contributed by atoms with Gasteiger partial charge in [0, 0.05) is 37.2 Å². The van der Waals surface area contributed by atoms with Crippen LogP contribution < -0.4 is 0 Å². The minimum Gasteiger partial charge on any atom is -0.385 e. The van der Waals surface area contributed by atoms with E-state index in [2.05, 4.69) is 27.7 Å². The second kappa shape index (κ2) is 18.1. The van der Waals surface area contributed by atoms with Crippen LogP contribution in [0.4, 0.5) is 0 Å². The lowest BCUT2D eigenvalue weighted by Crippen LogP contribution is -2.31. The van der Waals surface area contributed by atoms with Crippen LogP contribution in [0.25, 0.3) is 0 Å². The van der Waals surface area contributed by atoms with Gasteiger partial charge in [0.15, 0.2) is 0 Å². The minimum absolute atomic E-state index is 0.568. The number of hydrogen-bond acceptors (Lipinski definition) is 6. The molecule has 2 unspecified atom stereocenters. The summed E-state index contributed by atoms with van der Waals surface area (Å²) in [5, 5.41) is 0. The van der Waals surface area contributed by atoms with Crippen molar-refractivity contribution in [2.24, 2.45) is 0 Å². The normalized spacial score (nSPS) is 14.5. The van der Waals surface area contributed by atoms with Crippen LogP contribution >= 0.6 is 41.2 Å². The van der Waals surface area contributed by atoms with Crippen LogP contribution in [-0.2, 0) is 9.47 Å². The predicted molar refractivity (Wildman–Crippen MR) is 127 cm³/mol. The fraction of sp³-hybridized carbons (Fsp3) is 1.00. The molecule has 2 nitrogen and oxygen atoms in total. The largest absolute Gasteiger partial charge is 0.385 e. The Morgan fingerprint density at radius 3 is 1.25 bits per heavy atom. The molecular weight excluding hydrogens is 409 g/mol. The van der Waals surface area contributed by atoms with Crippen molar-refractivity contribution < 1.29 is 9.47 Å². The van der Waals surface area contributed by atoms with Gasteiger partial charge in [0.25, 0.3) is 0 Å². The van der Waals surface area contributed by atoms with Gasteiger partial charge in [-0.2, -0.15) is 0 Å². The van der Waals surface area contributed by atoms with Gasteiger partial charge < -0.3 is 9.47 Å². The van der Waals surface area contributed by atoms with E-state index in [-0.39, 0.29) is 0 Å². The van der Waals surface area contributed by atoms with Gasteiger partial charge in [0.05, 0.1) is 17.6 Å². The van der Waals surface area contributed by atoms with Crippen molar-refractivity contribution in [2.75, 3.05) is 25.7 Å². The first kappa shape index (κ1) is 25.8. The lowest BCUT2D eigenvalue weighted by Gasteiger charge is -2.22. The van der Waals surface area contributed by atoms with Crippen LogP contribution in [0.1, 0.15) is 40.5 Å². The number of rotatable bonds is 17. The van der Waals surface area contributed by atoms with E-state index in [0.717, 1.165) is 0 Å². The van der Waals surface area contributed by atoms with Crippen molar-refractivity contribution in [3.63, 3.8) is 0 Å². The van der Waals surface area contributed by atoms with Crippen LogP contribution in [0, 0.1) is 0 Å². The quantitative estimate of drug-likeness (QED) is 0.152. The molecule has 0 N–H and O–H groups in total. The van der Waals surface area contributed by atoms with Gasteiger partial charge in [-0.05, 0) is 32.5 Å². The highest BCUT2D eigenvalue weighted by molar-refractivity contribution is 9.26. The Hall–Kier alpha value is 1.75. The smallest absolute Gasteiger partial charge is 0.0711 e. The summed E-state index contributed by atoms with van der Waals surface area (Å²) in [6.45, 7) is 9.33. The molecule has 146 valence electrons. The van der Waals surface area contributed by atoms with E-state index in [9.17, 15) is 0 Å². The summed E-state index contributed by atoms with van der Waals surface area (Å²) in [6.07, 6.45) is 2.45. The third-order valence-electron chi connectivity index (χ3n) is 4.85. The van der Waals surface area contributed by atoms with Crippen molar-refractivity contribution in [1.82, 2.24) is 0 Å². The van der Waals surface area contributed by atoms with E-state index in [4.69, 9.17) is 9.47 Å². The highest BCUT2D eigenvalue weighted by Gasteiger charge is 2.20. The van der Waals surface area contributed by atoms with Crippen LogP contribution in [0.2, 0.25) is 24.2 Å². The summed E-state index contributed by atoms with van der Waals surface area (Å²) in [6, 6.07) is 5.44. The van der Waals surface area contributed by atoms with Crippen molar-refractivity contribution in [1.29, 1.82) is 0 Å². The first-order valence-corrected chi connectivity index (χ1v) is 19.1. The SMILES string of the molecule is CC[SiH](CC)C(CCSSSSCCC(OC)[SiH](CC)CC)OC. The number of methoxy groups -OCH3 is 2. The topological polar surface area (TPSA) is 18.5 Å². The molecule has 0 bridgehead atoms. The van der Waals surface area contributed by atoms with E-state index < -0.39 is 17.6 Å². The van der Waals surface area contributed by atoms with Crippen LogP contribution in [0.5, 0.6) is 0 Å². The third-order valence-corrected chi connectivity index (χ3v) is 18.9. The maximum Gasteiger partial charge on any atom is 0.0711 e. The third kappa shape index (κ3) is 11.5. The minimum atomic E-state index is -0.676. The molecule has 0 radical (unpaired) electrons. The Balaban J connectivity index is 3.69. The fourth-order valence-electron chi connectivity index (χ4n) is 3.16. The van der Waals surface area contributed by atoms with Crippen LogP contribution in [0.15, 0.2) is 0 Å². The summed E-state index contributed by atoms with van der Waals surface area (Å²) in [4.78, 5) is 0. The number of hydrogen-bond donors (Lipinski definition) is 0. The first-order chi connectivity index (χ1) is 11.7. The molecule has 0 fully saturated rings. The van der Waals surface area contributed by atoms with Gasteiger partial charge in [-0.1, -0.05) is 73.5 Å². The van der Waals surface area contributed by atoms with Crippen molar-refractivity contribution in [2.45, 2.75) is 76.2 Å². The van der Waals surface area contributed by atoms with Gasteiger partial charge >= 0.3 is 0 Å². The van der Waals surface area contributed by atoms with E-state index >= 15 is 0 Å². The zero-order chi connectivity index (χ0) is 18.2. The molecule has 0 amide bonds. The molecule has 0 aliphatic carbocycles. The molecule has 0 saturated heterocycles. The summed E-state index contributed by atoms with van der Waals surface area (Å²) in [5.41, 5.74) is 1.14. The van der Waals surface area contributed by atoms with Crippen molar-refractivity contribution >= 4 is 58.8 Å². The second-order valence-corrected chi connectivity index (χ2v) is 20.1. The van der Waals surface area contributed by atoms with Crippen molar-refractivity contribution in [3.05, 3.63) is 0 Å². The molecule has 0 aromatic heterocycles. The molecule has 24 heavy (non-hydrogen) atoms. The summed E-state index contributed by atoms with van der Waals surface area (Å²) in [7, 11) is 10.3. The summed E-state index contributed by atoms with van der Waals surface area (Å²) < 4.78 is 11.5. The molecule has 0 aromatic rings. The van der Waals surface area contributed by atoms with Gasteiger partial charge in [-0.25, -0.2) is 0 Å². The van der Waals surface area contributed by atoms with Gasteiger partial charge in [-0.3, -0.25) is 0 Å².